The van der Waals surface area contributed by atoms with Gasteiger partial charge in [-0.1, -0.05) is 18.2 Å². The standard InChI is InChI=1S/C14H24N2/c1-12-5-6-14(11-13(12)2)7-9-16(4)10-8-15-3/h5-6,11,15H,7-10H2,1-4H3. The minimum Gasteiger partial charge on any atom is -0.318 e. The fraction of sp³-hybridized carbons (Fsp3) is 0.571. The summed E-state index contributed by atoms with van der Waals surface area (Å²) in [4.78, 5) is 2.37. The van der Waals surface area contributed by atoms with Crippen LogP contribution in [0.4, 0.5) is 0 Å². The number of benzene rings is 1. The molecular formula is C14H24N2. The zero-order valence-electron chi connectivity index (χ0n) is 11.0. The third kappa shape index (κ3) is 4.33. The molecule has 0 radical (unpaired) electrons. The van der Waals surface area contributed by atoms with Crippen LogP contribution in [-0.4, -0.2) is 38.6 Å². The summed E-state index contributed by atoms with van der Waals surface area (Å²) in [7, 11) is 4.18. The first-order valence-electron chi connectivity index (χ1n) is 6.02. The Morgan fingerprint density at radius 3 is 2.50 bits per heavy atom. The lowest BCUT2D eigenvalue weighted by Gasteiger charge is -2.16. The van der Waals surface area contributed by atoms with E-state index in [1.165, 1.54) is 16.7 Å². The normalized spacial score (nSPS) is 11.1. The number of rotatable bonds is 6. The molecule has 0 amide bonds. The van der Waals surface area contributed by atoms with Gasteiger partial charge in [-0.2, -0.15) is 0 Å². The summed E-state index contributed by atoms with van der Waals surface area (Å²) in [6.45, 7) is 7.65. The smallest absolute Gasteiger partial charge is 0.0104 e. The lowest BCUT2D eigenvalue weighted by atomic mass is 10.0. The van der Waals surface area contributed by atoms with Crippen LogP contribution in [0.1, 0.15) is 16.7 Å². The number of nitrogens with one attached hydrogen (secondary N) is 1. The van der Waals surface area contributed by atoms with Crippen LogP contribution in [0.25, 0.3) is 0 Å². The number of nitrogens with zero attached hydrogens (tertiary/aromatic N) is 1. The van der Waals surface area contributed by atoms with E-state index in [2.05, 4.69) is 49.3 Å². The van der Waals surface area contributed by atoms with Crippen LogP contribution in [0.3, 0.4) is 0 Å². The summed E-state index contributed by atoms with van der Waals surface area (Å²) in [5.41, 5.74) is 4.22. The van der Waals surface area contributed by atoms with E-state index in [0.29, 0.717) is 0 Å². The lowest BCUT2D eigenvalue weighted by molar-refractivity contribution is 0.339. The first kappa shape index (κ1) is 13.2. The van der Waals surface area contributed by atoms with Gasteiger partial charge in [-0.3, -0.25) is 0 Å². The Balaban J connectivity index is 2.39. The second-order valence-electron chi connectivity index (χ2n) is 4.58. The maximum atomic E-state index is 3.17. The highest BCUT2D eigenvalue weighted by Crippen LogP contribution is 2.10. The third-order valence-electron chi connectivity index (χ3n) is 3.10. The van der Waals surface area contributed by atoms with Crippen molar-refractivity contribution in [2.75, 3.05) is 33.7 Å². The summed E-state index contributed by atoms with van der Waals surface area (Å²) >= 11 is 0. The van der Waals surface area contributed by atoms with Crippen molar-refractivity contribution in [1.29, 1.82) is 0 Å². The Hall–Kier alpha value is -0.860. The monoisotopic (exact) mass is 220 g/mol. The molecule has 1 rings (SSSR count). The average Bonchev–Trinajstić information content (AvgIpc) is 2.28. The Labute approximate surface area is 99.7 Å². The van der Waals surface area contributed by atoms with E-state index in [-0.39, 0.29) is 0 Å². The van der Waals surface area contributed by atoms with Crippen LogP contribution in [-0.2, 0) is 6.42 Å². The molecular weight excluding hydrogens is 196 g/mol. The van der Waals surface area contributed by atoms with Gasteiger partial charge in [0.1, 0.15) is 0 Å². The van der Waals surface area contributed by atoms with E-state index in [4.69, 9.17) is 0 Å². The van der Waals surface area contributed by atoms with Gasteiger partial charge < -0.3 is 10.2 Å². The number of hydrogen-bond acceptors (Lipinski definition) is 2. The molecule has 1 N–H and O–H groups in total. The minimum atomic E-state index is 1.06. The maximum Gasteiger partial charge on any atom is 0.0104 e. The van der Waals surface area contributed by atoms with Crippen molar-refractivity contribution >= 4 is 0 Å². The van der Waals surface area contributed by atoms with Crippen LogP contribution in [0.15, 0.2) is 18.2 Å². The van der Waals surface area contributed by atoms with Crippen LogP contribution in [0, 0.1) is 13.8 Å². The highest BCUT2D eigenvalue weighted by Gasteiger charge is 2.00. The molecule has 0 atom stereocenters. The predicted molar refractivity (Wildman–Crippen MR) is 71.0 cm³/mol. The predicted octanol–water partition coefficient (Wildman–Crippen LogP) is 2.00. The molecule has 0 fully saturated rings. The molecule has 2 heteroatoms. The molecule has 16 heavy (non-hydrogen) atoms. The summed E-state index contributed by atoms with van der Waals surface area (Å²) in [6, 6.07) is 6.77. The maximum absolute atomic E-state index is 3.17. The third-order valence-corrected chi connectivity index (χ3v) is 3.10. The summed E-state index contributed by atoms with van der Waals surface area (Å²) in [5, 5.41) is 3.17. The molecule has 0 aromatic heterocycles. The fourth-order valence-corrected chi connectivity index (χ4v) is 1.69. The summed E-state index contributed by atoms with van der Waals surface area (Å²) < 4.78 is 0. The highest BCUT2D eigenvalue weighted by molar-refractivity contribution is 5.29. The molecule has 0 bridgehead atoms. The Morgan fingerprint density at radius 2 is 1.88 bits per heavy atom. The van der Waals surface area contributed by atoms with Crippen molar-refractivity contribution < 1.29 is 0 Å². The van der Waals surface area contributed by atoms with Crippen LogP contribution in [0.2, 0.25) is 0 Å². The Morgan fingerprint density at radius 1 is 1.12 bits per heavy atom. The second-order valence-corrected chi connectivity index (χ2v) is 4.58. The zero-order chi connectivity index (χ0) is 12.0. The van der Waals surface area contributed by atoms with Crippen molar-refractivity contribution in [3.05, 3.63) is 34.9 Å². The van der Waals surface area contributed by atoms with Gasteiger partial charge in [0.25, 0.3) is 0 Å². The van der Waals surface area contributed by atoms with Crippen molar-refractivity contribution in [1.82, 2.24) is 10.2 Å². The van der Waals surface area contributed by atoms with E-state index < -0.39 is 0 Å². The first-order chi connectivity index (χ1) is 7.63. The van der Waals surface area contributed by atoms with Gasteiger partial charge in [-0.25, -0.2) is 0 Å². The topological polar surface area (TPSA) is 15.3 Å². The fourth-order valence-electron chi connectivity index (χ4n) is 1.69. The Bertz CT molecular complexity index is 321. The van der Waals surface area contributed by atoms with Crippen molar-refractivity contribution in [3.8, 4) is 0 Å². The molecule has 0 aliphatic rings. The van der Waals surface area contributed by atoms with Gasteiger partial charge in [0, 0.05) is 19.6 Å². The SMILES string of the molecule is CNCCN(C)CCc1ccc(C)c(C)c1. The highest BCUT2D eigenvalue weighted by atomic mass is 15.1. The number of hydrogen-bond donors (Lipinski definition) is 1. The quantitative estimate of drug-likeness (QED) is 0.789. The van der Waals surface area contributed by atoms with Crippen molar-refractivity contribution in [2.45, 2.75) is 20.3 Å². The lowest BCUT2D eigenvalue weighted by Crippen LogP contribution is -2.29. The molecule has 1 aromatic rings. The zero-order valence-corrected chi connectivity index (χ0v) is 11.0. The van der Waals surface area contributed by atoms with E-state index in [1.807, 2.05) is 7.05 Å². The van der Waals surface area contributed by atoms with E-state index in [0.717, 1.165) is 26.1 Å². The van der Waals surface area contributed by atoms with Gasteiger partial charge in [0.15, 0.2) is 0 Å². The van der Waals surface area contributed by atoms with Crippen LogP contribution < -0.4 is 5.32 Å². The molecule has 0 aliphatic heterocycles. The molecule has 0 saturated heterocycles. The average molecular weight is 220 g/mol. The summed E-state index contributed by atoms with van der Waals surface area (Å²) in [6.07, 6.45) is 1.14. The molecule has 0 spiro atoms. The van der Waals surface area contributed by atoms with Gasteiger partial charge in [-0.05, 0) is 51.1 Å². The number of aryl methyl sites for hydroxylation is 2. The molecule has 0 unspecified atom stereocenters. The van der Waals surface area contributed by atoms with E-state index in [1.54, 1.807) is 0 Å². The van der Waals surface area contributed by atoms with Crippen molar-refractivity contribution in [3.63, 3.8) is 0 Å². The molecule has 0 heterocycles. The van der Waals surface area contributed by atoms with Gasteiger partial charge in [0.2, 0.25) is 0 Å². The first-order valence-corrected chi connectivity index (χ1v) is 6.02. The van der Waals surface area contributed by atoms with Crippen LogP contribution >= 0.6 is 0 Å². The van der Waals surface area contributed by atoms with Gasteiger partial charge in [-0.15, -0.1) is 0 Å². The van der Waals surface area contributed by atoms with E-state index in [9.17, 15) is 0 Å². The molecule has 0 saturated carbocycles. The molecule has 1 aromatic carbocycles. The minimum absolute atomic E-state index is 1.06. The molecule has 0 aliphatic carbocycles. The van der Waals surface area contributed by atoms with Crippen LogP contribution in [0.5, 0.6) is 0 Å². The second kappa shape index (κ2) is 6.66. The summed E-state index contributed by atoms with van der Waals surface area (Å²) in [5.74, 6) is 0. The van der Waals surface area contributed by atoms with Crippen molar-refractivity contribution in [2.24, 2.45) is 0 Å². The molecule has 90 valence electrons. The van der Waals surface area contributed by atoms with Gasteiger partial charge in [0.05, 0.1) is 0 Å². The Kier molecular flexibility index (Phi) is 5.50. The molecule has 2 nitrogen and oxygen atoms in total. The van der Waals surface area contributed by atoms with Gasteiger partial charge >= 0.3 is 0 Å². The largest absolute Gasteiger partial charge is 0.318 e. The number of likely N-dealkylation sites (N-methyl/N-ethyl adjacent to an activating group) is 2. The van der Waals surface area contributed by atoms with E-state index >= 15 is 0 Å².